The summed E-state index contributed by atoms with van der Waals surface area (Å²) in [7, 11) is -6.51. The molecule has 0 radical (unpaired) electrons. The Morgan fingerprint density at radius 1 is 0.685 bits per heavy atom. The second-order valence-corrected chi connectivity index (χ2v) is 24.4. The summed E-state index contributed by atoms with van der Waals surface area (Å²) >= 11 is 4.11. The van der Waals surface area contributed by atoms with Gasteiger partial charge in [0.2, 0.25) is 0 Å². The van der Waals surface area contributed by atoms with E-state index in [-0.39, 0.29) is 34.3 Å². The molecule has 0 aliphatic carbocycles. The molecule has 54 heavy (non-hydrogen) atoms. The molecule has 4 rings (SSSR count). The van der Waals surface area contributed by atoms with Gasteiger partial charge in [0.15, 0.2) is 0 Å². The molecular formula is C36H50F2I2N6O6S2. The van der Waals surface area contributed by atoms with Gasteiger partial charge < -0.3 is 9.47 Å². The number of nitrogens with one attached hydrogen (secondary N) is 4. The third kappa shape index (κ3) is 10.5. The summed E-state index contributed by atoms with van der Waals surface area (Å²) in [5.41, 5.74) is -3.46. The van der Waals surface area contributed by atoms with Crippen molar-refractivity contribution in [1.82, 2.24) is 10.6 Å². The van der Waals surface area contributed by atoms with Crippen LogP contribution in [0.5, 0.6) is 0 Å². The van der Waals surface area contributed by atoms with Crippen LogP contribution in [0.25, 0.3) is 0 Å². The molecule has 2 aromatic carbocycles. The molecule has 0 aromatic heterocycles. The van der Waals surface area contributed by atoms with Crippen molar-refractivity contribution in [2.24, 2.45) is 9.98 Å². The third-order valence-electron chi connectivity index (χ3n) is 8.73. The van der Waals surface area contributed by atoms with Crippen molar-refractivity contribution in [3.63, 3.8) is 0 Å². The molecule has 300 valence electrons. The fraction of sp³-hybridized carbons (Fsp3) is 0.556. The van der Waals surface area contributed by atoms with Gasteiger partial charge in [0.05, 0.1) is 31.0 Å². The first-order valence-electron chi connectivity index (χ1n) is 16.8. The first-order chi connectivity index (χ1) is 24.1. The molecule has 0 saturated carbocycles. The Kier molecular flexibility index (Phi) is 13.2. The summed E-state index contributed by atoms with van der Waals surface area (Å²) in [6.07, 6.45) is -1.51. The number of amidine groups is 2. The highest BCUT2D eigenvalue weighted by Crippen LogP contribution is 2.40. The predicted molar refractivity (Wildman–Crippen MR) is 226 cm³/mol. The number of carbonyl (C=O) groups excluding carboxylic acids is 2. The van der Waals surface area contributed by atoms with Crippen LogP contribution in [-0.2, 0) is 40.0 Å². The molecule has 0 unspecified atom stereocenters. The number of alkyl carbamates (subject to hydrolysis) is 2. The van der Waals surface area contributed by atoms with E-state index in [1.165, 1.54) is 12.1 Å². The van der Waals surface area contributed by atoms with E-state index in [0.29, 0.717) is 0 Å². The van der Waals surface area contributed by atoms with E-state index in [1.54, 1.807) is 107 Å². The molecule has 2 amide bonds. The van der Waals surface area contributed by atoms with Gasteiger partial charge in [-0.2, -0.15) is 0 Å². The Labute approximate surface area is 345 Å². The standard InChI is InChI=1S/2C18H25FIN3O3S/c2*1-16(2,3)26-15(24)22-14-17(4,5)27(21,25)10-18(6,23-14)12-9-11(20)7-8-13(12)19/h2*7-9,21H,10H2,1-6H3,(H,22,23,24)/t18-,27+;18-,27-/m00/s1. The van der Waals surface area contributed by atoms with Crippen LogP contribution in [0.2, 0.25) is 0 Å². The Morgan fingerprint density at radius 3 is 1.26 bits per heavy atom. The fourth-order valence-electron chi connectivity index (χ4n) is 5.55. The fourth-order valence-corrected chi connectivity index (χ4v) is 10.1. The lowest BCUT2D eigenvalue weighted by Crippen LogP contribution is -2.57. The molecule has 4 N–H and O–H groups in total. The highest BCUT2D eigenvalue weighted by Gasteiger charge is 2.50. The SMILES string of the molecule is CC(C)(C)OC(=O)NC1=N[C@](C)(c2cc(I)ccc2F)C[S@@](=N)(=O)C1(C)C.CC(C)(C)OC(=O)NC1=N[C@](C)(c2cc(I)ccc2F)C[S@](=N)(=O)C1(C)C. The minimum atomic E-state index is -3.26. The molecule has 0 saturated heterocycles. The molecule has 2 aliphatic heterocycles. The van der Waals surface area contributed by atoms with Crippen molar-refractivity contribution in [2.45, 2.75) is 115 Å². The first kappa shape index (κ1) is 45.9. The van der Waals surface area contributed by atoms with Crippen LogP contribution in [-0.4, -0.2) is 64.5 Å². The van der Waals surface area contributed by atoms with E-state index < -0.39 is 75.1 Å². The molecule has 2 aromatic rings. The molecule has 2 aliphatic rings. The maximum absolute atomic E-state index is 14.5. The van der Waals surface area contributed by atoms with Gasteiger partial charge in [-0.1, -0.05) is 0 Å². The molecule has 0 spiro atoms. The Bertz CT molecular complexity index is 1960. The number of hydrogen-bond acceptors (Lipinski definition) is 10. The van der Waals surface area contributed by atoms with Crippen molar-refractivity contribution in [3.8, 4) is 0 Å². The van der Waals surface area contributed by atoms with Gasteiger partial charge in [0.25, 0.3) is 0 Å². The van der Waals surface area contributed by atoms with E-state index in [0.717, 1.165) is 7.14 Å². The van der Waals surface area contributed by atoms with Gasteiger partial charge in [-0.15, -0.1) is 0 Å². The summed E-state index contributed by atoms with van der Waals surface area (Å²) < 4.78 is 82.0. The number of carbonyl (C=O) groups is 2. The topological polar surface area (TPSA) is 183 Å². The summed E-state index contributed by atoms with van der Waals surface area (Å²) in [4.78, 5) is 33.6. The average Bonchev–Trinajstić information content (AvgIpc) is 2.95. The van der Waals surface area contributed by atoms with Gasteiger partial charge >= 0.3 is 12.2 Å². The number of nitrogens with zero attached hydrogens (tertiary/aromatic N) is 2. The lowest BCUT2D eigenvalue weighted by molar-refractivity contribution is 0.0548. The highest BCUT2D eigenvalue weighted by molar-refractivity contribution is 14.1. The Hall–Kier alpha value is -2.46. The minimum absolute atomic E-state index is 0.0590. The van der Waals surface area contributed by atoms with Crippen LogP contribution in [0.3, 0.4) is 0 Å². The van der Waals surface area contributed by atoms with Crippen LogP contribution in [0.4, 0.5) is 18.4 Å². The molecule has 0 fully saturated rings. The van der Waals surface area contributed by atoms with Gasteiger partial charge in [0.1, 0.15) is 55.1 Å². The van der Waals surface area contributed by atoms with Gasteiger partial charge in [0, 0.05) is 18.3 Å². The number of aliphatic imine (C=N–C) groups is 2. The number of ether oxygens (including phenoxy) is 2. The predicted octanol–water partition coefficient (Wildman–Crippen LogP) is 8.82. The van der Waals surface area contributed by atoms with Crippen molar-refractivity contribution >= 4 is 88.5 Å². The number of benzene rings is 2. The summed E-state index contributed by atoms with van der Waals surface area (Å²) in [5, 5.41) is 5.09. The quantitative estimate of drug-likeness (QED) is 0.218. The third-order valence-corrected chi connectivity index (χ3v) is 15.7. The normalized spacial score (nSPS) is 27.6. The van der Waals surface area contributed by atoms with E-state index in [1.807, 2.05) is 0 Å². The molecule has 4 atom stereocenters. The smallest absolute Gasteiger partial charge is 0.413 e. The van der Waals surface area contributed by atoms with Crippen LogP contribution >= 0.6 is 45.2 Å². The zero-order valence-corrected chi connectivity index (χ0v) is 38.5. The summed E-state index contributed by atoms with van der Waals surface area (Å²) in [6.45, 7) is 19.9. The second kappa shape index (κ2) is 15.5. The zero-order chi connectivity index (χ0) is 41.7. The minimum Gasteiger partial charge on any atom is -0.444 e. The van der Waals surface area contributed by atoms with Crippen molar-refractivity contribution in [3.05, 3.63) is 66.3 Å². The first-order valence-corrected chi connectivity index (χ1v) is 22.4. The molecular weight excluding hydrogens is 968 g/mol. The second-order valence-electron chi connectivity index (χ2n) is 16.6. The lowest BCUT2D eigenvalue weighted by atomic mass is 9.93. The maximum Gasteiger partial charge on any atom is 0.413 e. The maximum atomic E-state index is 14.5. The Balaban J connectivity index is 0.000000290. The highest BCUT2D eigenvalue weighted by atomic mass is 127. The average molecular weight is 1020 g/mol. The molecule has 12 nitrogen and oxygen atoms in total. The molecule has 0 bridgehead atoms. The van der Waals surface area contributed by atoms with E-state index >= 15 is 0 Å². The van der Waals surface area contributed by atoms with Gasteiger partial charge in [-0.25, -0.2) is 26.8 Å². The van der Waals surface area contributed by atoms with Crippen molar-refractivity contribution in [1.29, 1.82) is 9.56 Å². The van der Waals surface area contributed by atoms with Crippen LogP contribution in [0.1, 0.15) is 94.2 Å². The van der Waals surface area contributed by atoms with Crippen LogP contribution < -0.4 is 10.6 Å². The summed E-state index contributed by atoms with van der Waals surface area (Å²) in [6, 6.07) is 9.14. The Morgan fingerprint density at radius 2 is 0.981 bits per heavy atom. The van der Waals surface area contributed by atoms with Crippen molar-refractivity contribution in [2.75, 3.05) is 11.5 Å². The largest absolute Gasteiger partial charge is 0.444 e. The number of hydrogen-bond donors (Lipinski definition) is 4. The summed E-state index contributed by atoms with van der Waals surface area (Å²) in [5.74, 6) is -1.17. The van der Waals surface area contributed by atoms with Gasteiger partial charge in [-0.05, 0) is 165 Å². The van der Waals surface area contributed by atoms with E-state index in [2.05, 4.69) is 65.8 Å². The van der Waals surface area contributed by atoms with Gasteiger partial charge in [-0.3, -0.25) is 30.2 Å². The molecule has 18 heteroatoms. The number of halogens is 4. The number of amides is 2. The number of rotatable bonds is 2. The monoisotopic (exact) mass is 1020 g/mol. The van der Waals surface area contributed by atoms with Crippen molar-refractivity contribution < 1.29 is 36.3 Å². The van der Waals surface area contributed by atoms with Crippen LogP contribution in [0, 0.1) is 28.3 Å². The molecule has 2 heterocycles. The van der Waals surface area contributed by atoms with E-state index in [9.17, 15) is 26.8 Å². The lowest BCUT2D eigenvalue weighted by Gasteiger charge is -2.41. The van der Waals surface area contributed by atoms with Crippen LogP contribution in [0.15, 0.2) is 46.4 Å². The zero-order valence-electron chi connectivity index (χ0n) is 32.6. The van der Waals surface area contributed by atoms with E-state index in [4.69, 9.17) is 19.0 Å².